The Kier molecular flexibility index (Phi) is 3.19. The Morgan fingerprint density at radius 3 is 2.92 bits per heavy atom. The van der Waals surface area contributed by atoms with E-state index in [0.29, 0.717) is 6.42 Å². The molecule has 0 radical (unpaired) electrons. The highest BCUT2D eigenvalue weighted by molar-refractivity contribution is 5.09. The number of hydrogen-bond donors (Lipinski definition) is 2. The van der Waals surface area contributed by atoms with Gasteiger partial charge in [-0.05, 0) is 18.6 Å². The smallest absolute Gasteiger partial charge is 0.0729 e. The monoisotopic (exact) mass is 166 g/mol. The molecule has 0 fully saturated rings. The first-order valence-electron chi connectivity index (χ1n) is 4.02. The summed E-state index contributed by atoms with van der Waals surface area (Å²) in [4.78, 5) is 3.95. The van der Waals surface area contributed by atoms with Crippen molar-refractivity contribution in [1.29, 1.82) is 0 Å². The molecule has 0 aliphatic heterocycles. The molecule has 3 heteroatoms. The number of nitrogens with two attached hydrogens (primary N) is 1. The highest BCUT2D eigenvalue weighted by atomic mass is 16.3. The molecule has 1 aromatic rings. The Labute approximate surface area is 72.2 Å². The molecule has 0 spiro atoms. The van der Waals surface area contributed by atoms with Gasteiger partial charge in [-0.25, -0.2) is 0 Å². The van der Waals surface area contributed by atoms with E-state index in [1.165, 1.54) is 0 Å². The van der Waals surface area contributed by atoms with Gasteiger partial charge in [-0.15, -0.1) is 0 Å². The average molecular weight is 166 g/mol. The van der Waals surface area contributed by atoms with Crippen molar-refractivity contribution in [2.24, 2.45) is 5.73 Å². The second-order valence-corrected chi connectivity index (χ2v) is 2.99. The summed E-state index contributed by atoms with van der Waals surface area (Å²) in [6, 6.07) is 3.59. The molecule has 0 aliphatic rings. The van der Waals surface area contributed by atoms with Gasteiger partial charge in [0.15, 0.2) is 0 Å². The van der Waals surface area contributed by atoms with Crippen molar-refractivity contribution in [1.82, 2.24) is 4.98 Å². The van der Waals surface area contributed by atoms with Crippen LogP contribution < -0.4 is 5.73 Å². The zero-order valence-electron chi connectivity index (χ0n) is 7.14. The van der Waals surface area contributed by atoms with E-state index in [2.05, 4.69) is 4.98 Å². The van der Waals surface area contributed by atoms with Crippen LogP contribution in [0.4, 0.5) is 0 Å². The number of aromatic nitrogens is 1. The molecule has 2 unspecified atom stereocenters. The maximum atomic E-state index is 9.43. The van der Waals surface area contributed by atoms with Gasteiger partial charge in [-0.1, -0.05) is 6.07 Å². The average Bonchev–Trinajstić information content (AvgIpc) is 2.06. The molecule has 3 nitrogen and oxygen atoms in total. The zero-order valence-corrected chi connectivity index (χ0v) is 7.14. The number of pyridine rings is 1. The molecule has 1 aromatic heterocycles. The van der Waals surface area contributed by atoms with Crippen LogP contribution in [0.2, 0.25) is 0 Å². The molecule has 1 heterocycles. The number of aliphatic hydroxyl groups is 1. The standard InChI is InChI=1S/C9H14N2O/c1-7(10)9(12)5-8-3-2-4-11-6-8/h2-4,6-7,9,12H,5,10H2,1H3. The summed E-state index contributed by atoms with van der Waals surface area (Å²) in [5.41, 5.74) is 6.53. The van der Waals surface area contributed by atoms with Crippen LogP contribution in [0.5, 0.6) is 0 Å². The van der Waals surface area contributed by atoms with Gasteiger partial charge in [0.05, 0.1) is 6.10 Å². The van der Waals surface area contributed by atoms with Gasteiger partial charge < -0.3 is 10.8 Å². The number of rotatable bonds is 3. The van der Waals surface area contributed by atoms with Gasteiger partial charge in [0.1, 0.15) is 0 Å². The van der Waals surface area contributed by atoms with Crippen molar-refractivity contribution in [3.05, 3.63) is 30.1 Å². The summed E-state index contributed by atoms with van der Waals surface area (Å²) in [7, 11) is 0. The lowest BCUT2D eigenvalue weighted by molar-refractivity contribution is 0.151. The minimum atomic E-state index is -0.478. The molecule has 0 saturated heterocycles. The van der Waals surface area contributed by atoms with Gasteiger partial charge in [-0.2, -0.15) is 0 Å². The quantitative estimate of drug-likeness (QED) is 0.680. The van der Waals surface area contributed by atoms with Gasteiger partial charge in [0.2, 0.25) is 0 Å². The molecular weight excluding hydrogens is 152 g/mol. The van der Waals surface area contributed by atoms with E-state index in [4.69, 9.17) is 5.73 Å². The Balaban J connectivity index is 2.53. The van der Waals surface area contributed by atoms with Gasteiger partial charge in [-0.3, -0.25) is 4.98 Å². The highest BCUT2D eigenvalue weighted by Crippen LogP contribution is 2.02. The molecule has 0 saturated carbocycles. The lowest BCUT2D eigenvalue weighted by Crippen LogP contribution is -2.33. The molecule has 66 valence electrons. The molecule has 3 N–H and O–H groups in total. The SMILES string of the molecule is CC(N)C(O)Cc1cccnc1. The van der Waals surface area contributed by atoms with E-state index < -0.39 is 6.10 Å². The fourth-order valence-corrected chi connectivity index (χ4v) is 0.946. The molecule has 0 aromatic carbocycles. The van der Waals surface area contributed by atoms with Crippen LogP contribution in [-0.2, 0) is 6.42 Å². The Bertz CT molecular complexity index is 223. The first-order valence-corrected chi connectivity index (χ1v) is 4.02. The minimum absolute atomic E-state index is 0.190. The highest BCUT2D eigenvalue weighted by Gasteiger charge is 2.09. The Morgan fingerprint density at radius 2 is 2.42 bits per heavy atom. The molecule has 0 amide bonds. The molecule has 1 rings (SSSR count). The van der Waals surface area contributed by atoms with Crippen LogP contribution in [0, 0.1) is 0 Å². The second kappa shape index (κ2) is 4.18. The minimum Gasteiger partial charge on any atom is -0.391 e. The van der Waals surface area contributed by atoms with E-state index in [1.54, 1.807) is 19.3 Å². The first-order chi connectivity index (χ1) is 5.70. The summed E-state index contributed by atoms with van der Waals surface area (Å²) in [6.07, 6.45) is 3.55. The van der Waals surface area contributed by atoms with Crippen molar-refractivity contribution < 1.29 is 5.11 Å². The van der Waals surface area contributed by atoms with Gasteiger partial charge in [0.25, 0.3) is 0 Å². The molecule has 12 heavy (non-hydrogen) atoms. The van der Waals surface area contributed by atoms with Gasteiger partial charge >= 0.3 is 0 Å². The maximum Gasteiger partial charge on any atom is 0.0729 e. The molecule has 0 aliphatic carbocycles. The molecule has 0 bridgehead atoms. The fourth-order valence-electron chi connectivity index (χ4n) is 0.946. The van der Waals surface area contributed by atoms with Crippen LogP contribution in [-0.4, -0.2) is 22.2 Å². The molecular formula is C9H14N2O. The van der Waals surface area contributed by atoms with Gasteiger partial charge in [0, 0.05) is 24.9 Å². The van der Waals surface area contributed by atoms with Crippen molar-refractivity contribution in [2.75, 3.05) is 0 Å². The van der Waals surface area contributed by atoms with Crippen LogP contribution in [0.25, 0.3) is 0 Å². The predicted molar refractivity (Wildman–Crippen MR) is 47.6 cm³/mol. The second-order valence-electron chi connectivity index (χ2n) is 2.99. The van der Waals surface area contributed by atoms with Crippen LogP contribution in [0.3, 0.4) is 0 Å². The largest absolute Gasteiger partial charge is 0.391 e. The lowest BCUT2D eigenvalue weighted by atomic mass is 10.1. The summed E-state index contributed by atoms with van der Waals surface area (Å²) in [5.74, 6) is 0. The summed E-state index contributed by atoms with van der Waals surface area (Å²) in [5, 5.41) is 9.43. The third kappa shape index (κ3) is 2.60. The Hall–Kier alpha value is -0.930. The summed E-state index contributed by atoms with van der Waals surface area (Å²) >= 11 is 0. The molecule has 2 atom stereocenters. The zero-order chi connectivity index (χ0) is 8.97. The maximum absolute atomic E-state index is 9.43. The van der Waals surface area contributed by atoms with E-state index in [-0.39, 0.29) is 6.04 Å². The van der Waals surface area contributed by atoms with E-state index in [0.717, 1.165) is 5.56 Å². The van der Waals surface area contributed by atoms with Crippen molar-refractivity contribution >= 4 is 0 Å². The summed E-state index contributed by atoms with van der Waals surface area (Å²) < 4.78 is 0. The third-order valence-corrected chi connectivity index (χ3v) is 1.77. The van der Waals surface area contributed by atoms with E-state index >= 15 is 0 Å². The van der Waals surface area contributed by atoms with Crippen LogP contribution >= 0.6 is 0 Å². The predicted octanol–water partition coefficient (Wildman–Crippen LogP) is 0.332. The first kappa shape index (κ1) is 9.16. The van der Waals surface area contributed by atoms with Crippen LogP contribution in [0.15, 0.2) is 24.5 Å². The summed E-state index contributed by atoms with van der Waals surface area (Å²) in [6.45, 7) is 1.79. The van der Waals surface area contributed by atoms with E-state index in [1.807, 2.05) is 12.1 Å². The normalized spacial score (nSPS) is 15.6. The van der Waals surface area contributed by atoms with Crippen molar-refractivity contribution in [3.8, 4) is 0 Å². The third-order valence-electron chi connectivity index (χ3n) is 1.77. The topological polar surface area (TPSA) is 59.1 Å². The van der Waals surface area contributed by atoms with E-state index in [9.17, 15) is 5.11 Å². The van der Waals surface area contributed by atoms with Crippen LogP contribution in [0.1, 0.15) is 12.5 Å². The lowest BCUT2D eigenvalue weighted by Gasteiger charge is -2.13. The number of aliphatic hydroxyl groups excluding tert-OH is 1. The van der Waals surface area contributed by atoms with Crippen molar-refractivity contribution in [3.63, 3.8) is 0 Å². The number of hydrogen-bond acceptors (Lipinski definition) is 3. The Morgan fingerprint density at radius 1 is 1.67 bits per heavy atom. The number of nitrogens with zero attached hydrogens (tertiary/aromatic N) is 1. The fraction of sp³-hybridized carbons (Fsp3) is 0.444. The van der Waals surface area contributed by atoms with Crippen molar-refractivity contribution in [2.45, 2.75) is 25.5 Å².